The van der Waals surface area contributed by atoms with Crippen molar-refractivity contribution >= 4 is 29.5 Å². The number of anilines is 1. The van der Waals surface area contributed by atoms with Gasteiger partial charge in [0.15, 0.2) is 0 Å². The number of hydrogen-bond donors (Lipinski definition) is 2. The van der Waals surface area contributed by atoms with Crippen molar-refractivity contribution in [2.45, 2.75) is 0 Å². The SMILES string of the molecule is COc1ccc(Cl)cc1-c1ccc(C=NNC(=O)c2nonc2N)o1. The topological polar surface area (TPSA) is 129 Å². The number of benzene rings is 1. The third kappa shape index (κ3) is 3.61. The van der Waals surface area contributed by atoms with Gasteiger partial charge in [0.1, 0.15) is 17.3 Å². The van der Waals surface area contributed by atoms with Crippen LogP contribution in [0.2, 0.25) is 5.02 Å². The van der Waals surface area contributed by atoms with Crippen LogP contribution in [0, 0.1) is 0 Å². The number of hydrogen-bond acceptors (Lipinski definition) is 8. The molecule has 3 aromatic rings. The number of halogens is 1. The summed E-state index contributed by atoms with van der Waals surface area (Å²) in [5.41, 5.74) is 8.19. The van der Waals surface area contributed by atoms with Crippen molar-refractivity contribution in [1.29, 1.82) is 0 Å². The number of nitrogens with one attached hydrogen (secondary N) is 1. The lowest BCUT2D eigenvalue weighted by Crippen LogP contribution is -2.19. The molecule has 3 rings (SSSR count). The maximum Gasteiger partial charge on any atom is 0.297 e. The number of carbonyl (C=O) groups excluding carboxylic acids is 1. The summed E-state index contributed by atoms with van der Waals surface area (Å²) in [4.78, 5) is 11.7. The highest BCUT2D eigenvalue weighted by atomic mass is 35.5. The van der Waals surface area contributed by atoms with Gasteiger partial charge in [-0.1, -0.05) is 11.6 Å². The summed E-state index contributed by atoms with van der Waals surface area (Å²) in [7, 11) is 1.55. The van der Waals surface area contributed by atoms with E-state index in [9.17, 15) is 4.79 Å². The number of methoxy groups -OCH3 is 1. The van der Waals surface area contributed by atoms with Gasteiger partial charge >= 0.3 is 0 Å². The van der Waals surface area contributed by atoms with Crippen molar-refractivity contribution in [3.05, 3.63) is 46.8 Å². The number of nitrogens with zero attached hydrogens (tertiary/aromatic N) is 3. The fourth-order valence-electron chi connectivity index (χ4n) is 2.00. The molecule has 0 radical (unpaired) electrons. The molecule has 0 atom stereocenters. The van der Waals surface area contributed by atoms with Crippen LogP contribution in [0.15, 0.2) is 44.5 Å². The van der Waals surface area contributed by atoms with Gasteiger partial charge in [-0.2, -0.15) is 5.10 Å². The van der Waals surface area contributed by atoms with Crippen molar-refractivity contribution in [2.24, 2.45) is 5.10 Å². The zero-order chi connectivity index (χ0) is 17.8. The summed E-state index contributed by atoms with van der Waals surface area (Å²) in [5.74, 6) is 0.782. The first kappa shape index (κ1) is 16.5. The minimum Gasteiger partial charge on any atom is -0.496 e. The van der Waals surface area contributed by atoms with Crippen LogP contribution in [-0.2, 0) is 0 Å². The van der Waals surface area contributed by atoms with E-state index < -0.39 is 5.91 Å². The average Bonchev–Trinajstić information content (AvgIpc) is 3.23. The summed E-state index contributed by atoms with van der Waals surface area (Å²) in [6, 6.07) is 8.59. The van der Waals surface area contributed by atoms with Gasteiger partial charge < -0.3 is 14.9 Å². The molecule has 0 aliphatic heterocycles. The van der Waals surface area contributed by atoms with E-state index in [0.29, 0.717) is 27.9 Å². The number of amides is 1. The van der Waals surface area contributed by atoms with Gasteiger partial charge in [-0.15, -0.1) is 0 Å². The number of nitrogens with two attached hydrogens (primary N) is 1. The number of aromatic nitrogens is 2. The Kier molecular flexibility index (Phi) is 4.66. The van der Waals surface area contributed by atoms with E-state index in [1.165, 1.54) is 6.21 Å². The molecule has 0 unspecified atom stereocenters. The molecule has 0 saturated heterocycles. The Morgan fingerprint density at radius 3 is 2.92 bits per heavy atom. The van der Waals surface area contributed by atoms with E-state index in [4.69, 9.17) is 26.5 Å². The molecule has 9 nitrogen and oxygen atoms in total. The Morgan fingerprint density at radius 1 is 1.36 bits per heavy atom. The number of ether oxygens (including phenoxy) is 1. The smallest absolute Gasteiger partial charge is 0.297 e. The normalized spacial score (nSPS) is 11.0. The highest BCUT2D eigenvalue weighted by molar-refractivity contribution is 6.30. The maximum absolute atomic E-state index is 11.7. The molecule has 128 valence electrons. The van der Waals surface area contributed by atoms with Gasteiger partial charge in [-0.05, 0) is 40.6 Å². The molecule has 2 aromatic heterocycles. The predicted molar refractivity (Wildman–Crippen MR) is 89.5 cm³/mol. The lowest BCUT2D eigenvalue weighted by molar-refractivity contribution is 0.0946. The van der Waals surface area contributed by atoms with Crippen molar-refractivity contribution in [2.75, 3.05) is 12.8 Å². The van der Waals surface area contributed by atoms with Crippen LogP contribution < -0.4 is 15.9 Å². The van der Waals surface area contributed by atoms with E-state index in [-0.39, 0.29) is 11.5 Å². The molecule has 0 fully saturated rings. The molecule has 10 heteroatoms. The third-order valence-corrected chi connectivity index (χ3v) is 3.38. The quantitative estimate of drug-likeness (QED) is 0.527. The lowest BCUT2D eigenvalue weighted by Gasteiger charge is -2.06. The van der Waals surface area contributed by atoms with Gasteiger partial charge in [0.2, 0.25) is 11.5 Å². The molecule has 0 aliphatic rings. The van der Waals surface area contributed by atoms with Gasteiger partial charge in [0.25, 0.3) is 5.91 Å². The highest BCUT2D eigenvalue weighted by Crippen LogP contribution is 2.33. The first-order valence-corrected chi connectivity index (χ1v) is 7.31. The van der Waals surface area contributed by atoms with E-state index in [0.717, 1.165) is 0 Å². The van der Waals surface area contributed by atoms with Crippen LogP contribution in [0.4, 0.5) is 5.82 Å². The van der Waals surface area contributed by atoms with E-state index >= 15 is 0 Å². The standard InChI is InChI=1S/C15H12ClN5O4/c1-23-11-4-2-8(16)6-10(11)12-5-3-9(24-12)7-18-19-15(22)13-14(17)21-25-20-13/h2-7H,1H3,(H2,17,21)(H,19,22). The zero-order valence-corrected chi connectivity index (χ0v) is 13.6. The van der Waals surface area contributed by atoms with Crippen molar-refractivity contribution < 1.29 is 18.6 Å². The molecule has 0 saturated carbocycles. The second-order valence-corrected chi connectivity index (χ2v) is 5.18. The second kappa shape index (κ2) is 7.05. The summed E-state index contributed by atoms with van der Waals surface area (Å²) < 4.78 is 15.3. The number of hydrazone groups is 1. The number of rotatable bonds is 5. The van der Waals surface area contributed by atoms with Crippen LogP contribution in [0.5, 0.6) is 5.75 Å². The Hall–Kier alpha value is -3.33. The van der Waals surface area contributed by atoms with Crippen LogP contribution in [0.1, 0.15) is 16.2 Å². The first-order valence-electron chi connectivity index (χ1n) is 6.93. The fraction of sp³-hybridized carbons (Fsp3) is 0.0667. The summed E-state index contributed by atoms with van der Waals surface area (Å²) >= 11 is 6.01. The van der Waals surface area contributed by atoms with Gasteiger partial charge in [0.05, 0.1) is 18.9 Å². The molecular formula is C15H12ClN5O4. The Balaban J connectivity index is 1.73. The first-order chi connectivity index (χ1) is 12.1. The molecule has 0 bridgehead atoms. The molecule has 1 amide bonds. The monoisotopic (exact) mass is 361 g/mol. The maximum atomic E-state index is 11.7. The molecule has 1 aromatic carbocycles. The molecule has 2 heterocycles. The van der Waals surface area contributed by atoms with Crippen LogP contribution in [0.3, 0.4) is 0 Å². The molecular weight excluding hydrogens is 350 g/mol. The van der Waals surface area contributed by atoms with Crippen molar-refractivity contribution in [1.82, 2.24) is 15.7 Å². The molecule has 0 spiro atoms. The Bertz CT molecular complexity index is 934. The van der Waals surface area contributed by atoms with Gasteiger partial charge in [0, 0.05) is 5.02 Å². The summed E-state index contributed by atoms with van der Waals surface area (Å²) in [6.07, 6.45) is 1.32. The molecule has 25 heavy (non-hydrogen) atoms. The van der Waals surface area contributed by atoms with Gasteiger partial charge in [-0.3, -0.25) is 4.79 Å². The largest absolute Gasteiger partial charge is 0.496 e. The zero-order valence-electron chi connectivity index (χ0n) is 12.9. The van der Waals surface area contributed by atoms with Crippen LogP contribution >= 0.6 is 11.6 Å². The van der Waals surface area contributed by atoms with Crippen LogP contribution in [-0.4, -0.2) is 29.5 Å². The summed E-state index contributed by atoms with van der Waals surface area (Å²) in [5, 5.41) is 11.0. The predicted octanol–water partition coefficient (Wildman–Crippen LogP) is 2.34. The van der Waals surface area contributed by atoms with Gasteiger partial charge in [-0.25, -0.2) is 10.1 Å². The van der Waals surface area contributed by atoms with E-state index in [1.807, 2.05) is 0 Å². The highest BCUT2D eigenvalue weighted by Gasteiger charge is 2.15. The number of nitrogen functional groups attached to an aromatic ring is 1. The lowest BCUT2D eigenvalue weighted by atomic mass is 10.1. The van der Waals surface area contributed by atoms with E-state index in [2.05, 4.69) is 25.5 Å². The Labute approximate surface area is 146 Å². The van der Waals surface area contributed by atoms with Crippen molar-refractivity contribution in [3.63, 3.8) is 0 Å². The second-order valence-electron chi connectivity index (χ2n) is 4.74. The number of furan rings is 1. The Morgan fingerprint density at radius 2 is 2.20 bits per heavy atom. The molecule has 0 aliphatic carbocycles. The number of carbonyl (C=O) groups is 1. The third-order valence-electron chi connectivity index (χ3n) is 3.14. The minimum absolute atomic E-state index is 0.124. The average molecular weight is 362 g/mol. The van der Waals surface area contributed by atoms with Crippen molar-refractivity contribution in [3.8, 4) is 17.1 Å². The van der Waals surface area contributed by atoms with E-state index in [1.54, 1.807) is 37.4 Å². The fourth-order valence-corrected chi connectivity index (χ4v) is 2.17. The molecule has 3 N–H and O–H groups in total. The summed E-state index contributed by atoms with van der Waals surface area (Å²) in [6.45, 7) is 0. The van der Waals surface area contributed by atoms with Crippen LogP contribution in [0.25, 0.3) is 11.3 Å². The minimum atomic E-state index is -0.654.